The third-order valence-corrected chi connectivity index (χ3v) is 7.73. The van der Waals surface area contributed by atoms with E-state index in [1.165, 1.54) is 11.6 Å². The average molecular weight is 506 g/mol. The molecule has 1 aromatic heterocycles. The Morgan fingerprint density at radius 1 is 1.05 bits per heavy atom. The minimum absolute atomic E-state index is 0.0694. The van der Waals surface area contributed by atoms with Crippen molar-refractivity contribution >= 4 is 17.3 Å². The molecule has 1 aliphatic carbocycles. The second kappa shape index (κ2) is 7.75. The van der Waals surface area contributed by atoms with Crippen molar-refractivity contribution in [1.82, 2.24) is 14.7 Å². The van der Waals surface area contributed by atoms with Gasteiger partial charge in [0, 0.05) is 71.6 Å². The molecule has 0 N–H and O–H groups in total. The highest BCUT2D eigenvalue weighted by atomic mass is 19.2. The van der Waals surface area contributed by atoms with Crippen LogP contribution in [0.4, 0.5) is 10.1 Å². The van der Waals surface area contributed by atoms with Crippen LogP contribution in [0.25, 0.3) is 0 Å². The van der Waals surface area contributed by atoms with Gasteiger partial charge in [0.1, 0.15) is 0 Å². The van der Waals surface area contributed by atoms with Gasteiger partial charge in [-0.3, -0.25) is 14.5 Å². The SMILES string of the molecule is CC1(F)Oc2ccc(N3CC4CC3CN4CCCn3c4c(n[n+]3[O-])C(=O)c3ccccc3C4=O)cc2O1. The van der Waals surface area contributed by atoms with Crippen molar-refractivity contribution in [3.63, 3.8) is 0 Å². The number of carbonyl (C=O) groups is 2. The Morgan fingerprint density at radius 3 is 2.57 bits per heavy atom. The molecule has 3 unspecified atom stereocenters. The first-order chi connectivity index (χ1) is 17.8. The molecular weight excluding hydrogens is 481 g/mol. The van der Waals surface area contributed by atoms with Crippen LogP contribution in [0.2, 0.25) is 0 Å². The molecule has 3 aromatic rings. The van der Waals surface area contributed by atoms with Gasteiger partial charge in [-0.05, 0) is 25.0 Å². The maximum atomic E-state index is 14.0. The molecular formula is C26H24FN5O5. The Kier molecular flexibility index (Phi) is 4.66. The smallest absolute Gasteiger partial charge is 0.404 e. The number of alkyl halides is 1. The summed E-state index contributed by atoms with van der Waals surface area (Å²) in [6, 6.07) is 10.6. The minimum Gasteiger partial charge on any atom is -0.571 e. The first-order valence-corrected chi connectivity index (χ1v) is 12.4. The fraction of sp³-hybridized carbons (Fsp3) is 0.385. The zero-order valence-electron chi connectivity index (χ0n) is 20.1. The van der Waals surface area contributed by atoms with Crippen molar-refractivity contribution < 1.29 is 28.4 Å². The number of likely N-dealkylation sites (tertiary alicyclic amines) is 1. The number of anilines is 1. The molecule has 2 fully saturated rings. The van der Waals surface area contributed by atoms with Gasteiger partial charge >= 0.3 is 6.04 Å². The van der Waals surface area contributed by atoms with Gasteiger partial charge in [-0.2, -0.15) is 4.39 Å². The highest BCUT2D eigenvalue weighted by Gasteiger charge is 2.44. The van der Waals surface area contributed by atoms with Crippen LogP contribution in [0.15, 0.2) is 42.5 Å². The number of halogens is 1. The fourth-order valence-corrected chi connectivity index (χ4v) is 6.12. The summed E-state index contributed by atoms with van der Waals surface area (Å²) < 4.78 is 25.7. The van der Waals surface area contributed by atoms with E-state index in [4.69, 9.17) is 9.47 Å². The van der Waals surface area contributed by atoms with Crippen molar-refractivity contribution in [2.75, 3.05) is 24.5 Å². The molecule has 37 heavy (non-hydrogen) atoms. The maximum absolute atomic E-state index is 14.0. The van der Waals surface area contributed by atoms with E-state index in [0.717, 1.165) is 31.7 Å². The molecule has 0 spiro atoms. The van der Waals surface area contributed by atoms with Gasteiger partial charge in [0.05, 0.1) is 6.54 Å². The number of benzene rings is 2. The third kappa shape index (κ3) is 3.41. The van der Waals surface area contributed by atoms with Crippen molar-refractivity contribution in [2.24, 2.45) is 0 Å². The first-order valence-electron chi connectivity index (χ1n) is 12.4. The summed E-state index contributed by atoms with van der Waals surface area (Å²) in [6.07, 6.45) is 1.65. The summed E-state index contributed by atoms with van der Waals surface area (Å²) in [7, 11) is 0. The van der Waals surface area contributed by atoms with Crippen LogP contribution < -0.4 is 19.3 Å². The number of aromatic nitrogens is 3. The van der Waals surface area contributed by atoms with E-state index < -0.39 is 11.8 Å². The predicted octanol–water partition coefficient (Wildman–Crippen LogP) is 2.06. The van der Waals surface area contributed by atoms with Crippen LogP contribution in [-0.2, 0) is 6.54 Å². The summed E-state index contributed by atoms with van der Waals surface area (Å²) in [5.74, 6) is 0.0678. The molecule has 190 valence electrons. The van der Waals surface area contributed by atoms with Crippen LogP contribution >= 0.6 is 0 Å². The minimum atomic E-state index is -2.14. The lowest BCUT2D eigenvalue weighted by Gasteiger charge is -2.35. The van der Waals surface area contributed by atoms with E-state index in [-0.39, 0.29) is 29.3 Å². The number of carbonyl (C=O) groups excluding carboxylic acids is 2. The van der Waals surface area contributed by atoms with Gasteiger partial charge < -0.3 is 19.6 Å². The number of nitrogens with zero attached hydrogens (tertiary/aromatic N) is 5. The van der Waals surface area contributed by atoms with Gasteiger partial charge in [-0.25, -0.2) is 0 Å². The second-order valence-electron chi connectivity index (χ2n) is 10.1. The van der Waals surface area contributed by atoms with E-state index in [1.807, 2.05) is 12.1 Å². The summed E-state index contributed by atoms with van der Waals surface area (Å²) >= 11 is 0. The Bertz CT molecular complexity index is 1470. The second-order valence-corrected chi connectivity index (χ2v) is 10.1. The lowest BCUT2D eigenvalue weighted by atomic mass is 9.90. The standard InChI is InChI=1S/C26H24FN5O5/c1-26(27)36-20-8-7-15(12-21(20)37-26)30-14-16-11-17(30)13-29(16)9-4-10-31-23-22(28-32(31)35)24(33)18-5-2-3-6-19(18)25(23)34/h2-3,5-8,12,16-17H,4,9-11,13-14H2,1H3. The largest absolute Gasteiger partial charge is 0.571 e. The zero-order valence-corrected chi connectivity index (χ0v) is 20.1. The van der Waals surface area contributed by atoms with Crippen molar-refractivity contribution in [3.8, 4) is 11.5 Å². The number of piperazine rings is 1. The Balaban J connectivity index is 1.01. The topological polar surface area (TPSA) is 104 Å². The van der Waals surface area contributed by atoms with Gasteiger partial charge in [0.15, 0.2) is 17.2 Å². The normalized spacial score (nSPS) is 25.6. The lowest BCUT2D eigenvalue weighted by molar-refractivity contribution is -0.749. The lowest BCUT2D eigenvalue weighted by Crippen LogP contribution is -2.47. The molecule has 0 radical (unpaired) electrons. The number of hydrogen-bond donors (Lipinski definition) is 0. The van der Waals surface area contributed by atoms with Crippen LogP contribution in [0.5, 0.6) is 11.5 Å². The number of rotatable bonds is 5. The van der Waals surface area contributed by atoms with Gasteiger partial charge in [-0.15, -0.1) is 4.68 Å². The van der Waals surface area contributed by atoms with E-state index >= 15 is 0 Å². The molecule has 2 saturated heterocycles. The number of fused-ring (bicyclic) bond motifs is 5. The van der Waals surface area contributed by atoms with Gasteiger partial charge in [0.2, 0.25) is 17.3 Å². The monoisotopic (exact) mass is 505 g/mol. The van der Waals surface area contributed by atoms with Crippen molar-refractivity contribution in [2.45, 2.75) is 44.4 Å². The van der Waals surface area contributed by atoms with Crippen LogP contribution in [0.1, 0.15) is 51.9 Å². The predicted molar refractivity (Wildman–Crippen MR) is 127 cm³/mol. The molecule has 10 nitrogen and oxygen atoms in total. The molecule has 3 aliphatic heterocycles. The Labute approximate surface area is 211 Å². The van der Waals surface area contributed by atoms with E-state index in [1.54, 1.807) is 30.3 Å². The molecule has 0 amide bonds. The molecule has 4 aliphatic rings. The number of ether oxygens (including phenoxy) is 2. The third-order valence-electron chi connectivity index (χ3n) is 7.73. The van der Waals surface area contributed by atoms with E-state index in [9.17, 15) is 19.2 Å². The molecule has 0 saturated carbocycles. The van der Waals surface area contributed by atoms with Crippen LogP contribution in [0.3, 0.4) is 0 Å². The van der Waals surface area contributed by atoms with Gasteiger partial charge in [0.25, 0.3) is 0 Å². The van der Waals surface area contributed by atoms with Gasteiger partial charge in [-0.1, -0.05) is 24.3 Å². The summed E-state index contributed by atoms with van der Waals surface area (Å²) in [5, 5.41) is 16.4. The average Bonchev–Trinajstić information content (AvgIpc) is 3.62. The number of ketones is 2. The zero-order chi connectivity index (χ0) is 25.5. The van der Waals surface area contributed by atoms with Crippen LogP contribution in [0, 0.1) is 5.21 Å². The molecule has 7 rings (SSSR count). The molecule has 3 atom stereocenters. The Morgan fingerprint density at radius 2 is 1.81 bits per heavy atom. The summed E-state index contributed by atoms with van der Waals surface area (Å²) in [5.41, 5.74) is 1.56. The maximum Gasteiger partial charge on any atom is 0.404 e. The highest BCUT2D eigenvalue weighted by Crippen LogP contribution is 2.44. The molecule has 2 bridgehead atoms. The molecule has 2 aromatic carbocycles. The fourth-order valence-electron chi connectivity index (χ4n) is 6.12. The summed E-state index contributed by atoms with van der Waals surface area (Å²) in [6.45, 7) is 3.98. The van der Waals surface area contributed by atoms with Crippen LogP contribution in [-0.4, -0.2) is 64.0 Å². The summed E-state index contributed by atoms with van der Waals surface area (Å²) in [4.78, 5) is 31.0. The number of hydrogen-bond acceptors (Lipinski definition) is 8. The van der Waals surface area contributed by atoms with E-state index in [2.05, 4.69) is 14.9 Å². The molecule has 4 heterocycles. The Hall–Kier alpha value is -3.99. The quantitative estimate of drug-likeness (QED) is 0.300. The highest BCUT2D eigenvalue weighted by molar-refractivity contribution is 6.26. The molecule has 11 heteroatoms. The van der Waals surface area contributed by atoms with Crippen molar-refractivity contribution in [3.05, 3.63) is 70.2 Å². The van der Waals surface area contributed by atoms with E-state index in [0.29, 0.717) is 40.5 Å². The van der Waals surface area contributed by atoms with Crippen molar-refractivity contribution in [1.29, 1.82) is 0 Å². The first kappa shape index (κ1) is 22.2.